The van der Waals surface area contributed by atoms with Crippen LogP contribution in [-0.4, -0.2) is 21.6 Å². The van der Waals surface area contributed by atoms with Gasteiger partial charge in [-0.2, -0.15) is 0 Å². The van der Waals surface area contributed by atoms with E-state index < -0.39 is 11.4 Å². The predicted molar refractivity (Wildman–Crippen MR) is 46.9 cm³/mol. The third kappa shape index (κ3) is 2.63. The van der Waals surface area contributed by atoms with Crippen molar-refractivity contribution in [1.82, 2.24) is 0 Å². The molecule has 74 valence electrons. The summed E-state index contributed by atoms with van der Waals surface area (Å²) in [5.74, 6) is -1.69. The fraction of sp³-hybridized carbons (Fsp3) is 0. The molecule has 1 aromatic rings. The molecule has 0 bridgehead atoms. The number of phenolic OH excluding ortho intramolecular Hbond substituents is 1. The maximum atomic E-state index is 10.5. The van der Waals surface area contributed by atoms with Crippen LogP contribution in [0, 0.1) is 0 Å². The summed E-state index contributed by atoms with van der Waals surface area (Å²) in [5, 5.41) is 17.6. The molecule has 14 heavy (non-hydrogen) atoms. The fourth-order valence-electron chi connectivity index (χ4n) is 0.858. The van der Waals surface area contributed by atoms with Crippen molar-refractivity contribution < 1.29 is 24.5 Å². The summed E-state index contributed by atoms with van der Waals surface area (Å²) in [6.45, 7) is 0. The first-order valence-electron chi connectivity index (χ1n) is 3.43. The lowest BCUT2D eigenvalue weighted by molar-refractivity contribution is 0.0696. The Labute approximate surface area is 83.5 Å². The molecule has 0 radical (unpaired) electrons. The van der Waals surface area contributed by atoms with E-state index >= 15 is 0 Å². The predicted octanol–water partition coefficient (Wildman–Crippen LogP) is 1.83. The van der Waals surface area contributed by atoms with Crippen LogP contribution in [0.5, 0.6) is 11.5 Å². The molecule has 0 aliphatic carbocycles. The molecule has 6 heteroatoms. The van der Waals surface area contributed by atoms with Gasteiger partial charge in [-0.15, -0.1) is 0 Å². The molecule has 0 amide bonds. The van der Waals surface area contributed by atoms with Gasteiger partial charge in [-0.05, 0) is 12.1 Å². The van der Waals surface area contributed by atoms with E-state index in [1.54, 1.807) is 0 Å². The van der Waals surface area contributed by atoms with Gasteiger partial charge >= 0.3 is 11.4 Å². The molecule has 5 nitrogen and oxygen atoms in total. The van der Waals surface area contributed by atoms with E-state index in [2.05, 4.69) is 4.74 Å². The second kappa shape index (κ2) is 3.97. The molecule has 0 aromatic heterocycles. The number of carbonyl (C=O) groups is 2. The van der Waals surface area contributed by atoms with Crippen LogP contribution in [0.15, 0.2) is 18.2 Å². The van der Waals surface area contributed by atoms with Crippen LogP contribution in [0.2, 0.25) is 0 Å². The van der Waals surface area contributed by atoms with Crippen molar-refractivity contribution in [3.8, 4) is 11.5 Å². The number of carboxylic acid groups (broad SMARTS) is 1. The van der Waals surface area contributed by atoms with Gasteiger partial charge in [-0.25, -0.2) is 9.59 Å². The maximum Gasteiger partial charge on any atom is 0.409 e. The van der Waals surface area contributed by atoms with Crippen LogP contribution in [-0.2, 0) is 0 Å². The van der Waals surface area contributed by atoms with Crippen molar-refractivity contribution >= 4 is 23.0 Å². The standard InChI is InChI=1S/C8H5ClO5/c9-8(13)14-6-2-4(7(11)12)1-5(10)3-6/h1-3,10H,(H,11,12). The minimum atomic E-state index is -1.24. The Kier molecular flexibility index (Phi) is 2.93. The second-order valence-corrected chi connectivity index (χ2v) is 2.67. The largest absolute Gasteiger partial charge is 0.508 e. The van der Waals surface area contributed by atoms with E-state index in [0.29, 0.717) is 0 Å². The van der Waals surface area contributed by atoms with Gasteiger partial charge in [0, 0.05) is 17.7 Å². The van der Waals surface area contributed by atoms with Crippen molar-refractivity contribution in [3.05, 3.63) is 23.8 Å². The topological polar surface area (TPSA) is 83.8 Å². The lowest BCUT2D eigenvalue weighted by Crippen LogP contribution is -2.00. The summed E-state index contributed by atoms with van der Waals surface area (Å²) in [6, 6.07) is 3.17. The van der Waals surface area contributed by atoms with Crippen LogP contribution in [0.1, 0.15) is 10.4 Å². The summed E-state index contributed by atoms with van der Waals surface area (Å²) in [4.78, 5) is 20.8. The van der Waals surface area contributed by atoms with Crippen molar-refractivity contribution in [2.75, 3.05) is 0 Å². The van der Waals surface area contributed by atoms with Crippen LogP contribution in [0.25, 0.3) is 0 Å². The molecule has 0 saturated heterocycles. The Balaban J connectivity index is 3.07. The van der Waals surface area contributed by atoms with E-state index in [9.17, 15) is 9.59 Å². The van der Waals surface area contributed by atoms with Gasteiger partial charge in [0.2, 0.25) is 0 Å². The molecular formula is C8H5ClO5. The number of halogens is 1. The van der Waals surface area contributed by atoms with Gasteiger partial charge in [0.1, 0.15) is 11.5 Å². The number of rotatable bonds is 2. The van der Waals surface area contributed by atoms with Crippen LogP contribution >= 0.6 is 11.6 Å². The highest BCUT2D eigenvalue weighted by Crippen LogP contribution is 2.22. The number of hydrogen-bond donors (Lipinski definition) is 2. The highest BCUT2D eigenvalue weighted by Gasteiger charge is 2.09. The fourth-order valence-corrected chi connectivity index (χ4v) is 0.947. The Morgan fingerprint density at radius 2 is 1.93 bits per heavy atom. The Bertz CT molecular complexity index is 387. The summed E-state index contributed by atoms with van der Waals surface area (Å²) in [7, 11) is 0. The van der Waals surface area contributed by atoms with E-state index in [0.717, 1.165) is 18.2 Å². The van der Waals surface area contributed by atoms with E-state index in [-0.39, 0.29) is 17.1 Å². The number of hydrogen-bond acceptors (Lipinski definition) is 4. The average molecular weight is 217 g/mol. The Morgan fingerprint density at radius 1 is 1.29 bits per heavy atom. The lowest BCUT2D eigenvalue weighted by atomic mass is 10.2. The molecular weight excluding hydrogens is 212 g/mol. The zero-order valence-electron chi connectivity index (χ0n) is 6.73. The third-order valence-corrected chi connectivity index (χ3v) is 1.41. The second-order valence-electron chi connectivity index (χ2n) is 2.36. The number of aromatic carboxylic acids is 1. The average Bonchev–Trinajstić information content (AvgIpc) is 2.01. The quantitative estimate of drug-likeness (QED) is 0.737. The normalized spacial score (nSPS) is 9.50. The first-order chi connectivity index (χ1) is 6.49. The highest BCUT2D eigenvalue weighted by molar-refractivity contribution is 6.61. The smallest absolute Gasteiger partial charge is 0.409 e. The third-order valence-electron chi connectivity index (χ3n) is 1.34. The number of ether oxygens (including phenoxy) is 1. The summed E-state index contributed by atoms with van der Waals surface area (Å²) < 4.78 is 4.39. The van der Waals surface area contributed by atoms with Crippen LogP contribution in [0.3, 0.4) is 0 Å². The van der Waals surface area contributed by atoms with Gasteiger partial charge in [-0.1, -0.05) is 0 Å². The van der Waals surface area contributed by atoms with Crippen molar-refractivity contribution in [2.45, 2.75) is 0 Å². The van der Waals surface area contributed by atoms with E-state index in [1.807, 2.05) is 0 Å². The maximum absolute atomic E-state index is 10.5. The molecule has 0 unspecified atom stereocenters. The first kappa shape index (κ1) is 10.3. The minimum absolute atomic E-state index is 0.123. The van der Waals surface area contributed by atoms with Crippen LogP contribution in [0.4, 0.5) is 4.79 Å². The van der Waals surface area contributed by atoms with E-state index in [4.69, 9.17) is 21.8 Å². The van der Waals surface area contributed by atoms with E-state index in [1.165, 1.54) is 0 Å². The van der Waals surface area contributed by atoms with Gasteiger partial charge in [0.05, 0.1) is 5.56 Å². The highest BCUT2D eigenvalue weighted by atomic mass is 35.5. The molecule has 0 heterocycles. The number of aromatic hydroxyl groups is 1. The summed E-state index contributed by atoms with van der Waals surface area (Å²) >= 11 is 4.91. The first-order valence-corrected chi connectivity index (χ1v) is 3.81. The van der Waals surface area contributed by atoms with Crippen LogP contribution < -0.4 is 4.74 Å². The molecule has 0 aliphatic heterocycles. The zero-order valence-corrected chi connectivity index (χ0v) is 7.49. The van der Waals surface area contributed by atoms with Gasteiger partial charge in [-0.3, -0.25) is 0 Å². The molecule has 2 N–H and O–H groups in total. The number of carbonyl (C=O) groups excluding carboxylic acids is 1. The molecule has 0 spiro atoms. The Morgan fingerprint density at radius 3 is 2.43 bits per heavy atom. The SMILES string of the molecule is O=C(Cl)Oc1cc(O)cc(C(=O)O)c1. The number of phenols is 1. The molecule has 1 aromatic carbocycles. The lowest BCUT2D eigenvalue weighted by Gasteiger charge is -2.02. The molecule has 0 saturated carbocycles. The van der Waals surface area contributed by atoms with Gasteiger partial charge < -0.3 is 14.9 Å². The summed E-state index contributed by atoms with van der Waals surface area (Å²) in [6.07, 6.45) is 0. The van der Waals surface area contributed by atoms with Crippen molar-refractivity contribution in [3.63, 3.8) is 0 Å². The summed E-state index contributed by atoms with van der Waals surface area (Å²) in [5.41, 5.74) is -1.30. The van der Waals surface area contributed by atoms with Crippen molar-refractivity contribution in [2.24, 2.45) is 0 Å². The zero-order chi connectivity index (χ0) is 10.7. The monoisotopic (exact) mass is 216 g/mol. The molecule has 0 atom stereocenters. The molecule has 0 aliphatic rings. The van der Waals surface area contributed by atoms with Crippen molar-refractivity contribution in [1.29, 1.82) is 0 Å². The minimum Gasteiger partial charge on any atom is -0.508 e. The van der Waals surface area contributed by atoms with Gasteiger partial charge in [0.25, 0.3) is 0 Å². The van der Waals surface area contributed by atoms with Gasteiger partial charge in [0.15, 0.2) is 0 Å². The number of carboxylic acids is 1. The number of benzene rings is 1. The Hall–Kier alpha value is -1.75. The molecule has 1 rings (SSSR count). The molecule has 0 fully saturated rings.